The number of imide groups is 1. The Bertz CT molecular complexity index is 975. The Morgan fingerprint density at radius 3 is 2.31 bits per heavy atom. The lowest BCUT2D eigenvalue weighted by atomic mass is 10.0. The summed E-state index contributed by atoms with van der Waals surface area (Å²) >= 11 is 0. The molecule has 0 bridgehead atoms. The molecule has 0 aromatic heterocycles. The molecule has 1 aliphatic rings. The summed E-state index contributed by atoms with van der Waals surface area (Å²) in [5.74, 6) is -1.95. The van der Waals surface area contributed by atoms with Crippen LogP contribution in [0.15, 0.2) is 24.3 Å². The van der Waals surface area contributed by atoms with E-state index in [1.165, 1.54) is 36.1 Å². The standard InChI is InChI=1S/C21H31N5O5S/c1-4-32(30,31)25-16(12-13(2)3)21(29)26-11-5-6-17(26)20(28)24-19(27)15-9-7-14(8-10-15)18(22)23/h7-10,13,16-17,25H,4-6,11-12H2,1-3H3,(H3,22,23)(H,24,27,28)/t16-,17+/m1/s1. The van der Waals surface area contributed by atoms with Gasteiger partial charge in [-0.2, -0.15) is 0 Å². The molecule has 1 fully saturated rings. The van der Waals surface area contributed by atoms with Crippen LogP contribution >= 0.6 is 0 Å². The highest BCUT2D eigenvalue weighted by Gasteiger charge is 2.38. The lowest BCUT2D eigenvalue weighted by Gasteiger charge is -2.29. The number of carbonyl (C=O) groups excluding carboxylic acids is 3. The van der Waals surface area contributed by atoms with Crippen molar-refractivity contribution in [3.63, 3.8) is 0 Å². The number of amidine groups is 1. The van der Waals surface area contributed by atoms with Gasteiger partial charge in [0.05, 0.1) is 5.75 Å². The Kier molecular flexibility index (Phi) is 8.51. The number of nitrogens with one attached hydrogen (secondary N) is 3. The first-order valence-electron chi connectivity index (χ1n) is 10.5. The summed E-state index contributed by atoms with van der Waals surface area (Å²) in [4.78, 5) is 39.8. The van der Waals surface area contributed by atoms with Crippen molar-refractivity contribution in [1.82, 2.24) is 14.9 Å². The Morgan fingerprint density at radius 2 is 1.78 bits per heavy atom. The van der Waals surface area contributed by atoms with E-state index in [1.807, 2.05) is 13.8 Å². The first kappa shape index (κ1) is 25.5. The summed E-state index contributed by atoms with van der Waals surface area (Å²) in [6, 6.07) is 4.09. The maximum absolute atomic E-state index is 13.1. The third-order valence-electron chi connectivity index (χ3n) is 5.24. The predicted octanol–water partition coefficient (Wildman–Crippen LogP) is 0.572. The highest BCUT2D eigenvalue weighted by molar-refractivity contribution is 7.89. The molecule has 0 spiro atoms. The number of amides is 3. The second-order valence-corrected chi connectivity index (χ2v) is 10.2. The van der Waals surface area contributed by atoms with Crippen LogP contribution in [0.3, 0.4) is 0 Å². The third-order valence-corrected chi connectivity index (χ3v) is 6.64. The van der Waals surface area contributed by atoms with Crippen LogP contribution in [0.25, 0.3) is 0 Å². The Labute approximate surface area is 188 Å². The van der Waals surface area contributed by atoms with Gasteiger partial charge < -0.3 is 10.6 Å². The second kappa shape index (κ2) is 10.7. The molecule has 0 aliphatic carbocycles. The van der Waals surface area contributed by atoms with Gasteiger partial charge in [-0.15, -0.1) is 0 Å². The molecule has 1 heterocycles. The summed E-state index contributed by atoms with van der Waals surface area (Å²) in [7, 11) is -3.62. The molecule has 3 amide bonds. The van der Waals surface area contributed by atoms with Crippen molar-refractivity contribution in [2.75, 3.05) is 12.3 Å². The zero-order valence-electron chi connectivity index (χ0n) is 18.6. The number of sulfonamides is 1. The van der Waals surface area contributed by atoms with Gasteiger partial charge in [0.25, 0.3) is 5.91 Å². The molecular weight excluding hydrogens is 434 g/mol. The number of benzene rings is 1. The van der Waals surface area contributed by atoms with E-state index in [0.29, 0.717) is 31.4 Å². The minimum Gasteiger partial charge on any atom is -0.384 e. The Hall–Kier alpha value is -2.79. The van der Waals surface area contributed by atoms with Crippen LogP contribution in [0.2, 0.25) is 0 Å². The van der Waals surface area contributed by atoms with Crippen LogP contribution < -0.4 is 15.8 Å². The van der Waals surface area contributed by atoms with Crippen LogP contribution in [0.5, 0.6) is 0 Å². The minimum absolute atomic E-state index is 0.0536. The molecule has 10 nitrogen and oxygen atoms in total. The summed E-state index contributed by atoms with van der Waals surface area (Å²) in [6.07, 6.45) is 1.24. The molecule has 2 rings (SSSR count). The zero-order valence-corrected chi connectivity index (χ0v) is 19.4. The van der Waals surface area contributed by atoms with E-state index in [4.69, 9.17) is 11.1 Å². The Balaban J connectivity index is 2.13. The number of nitrogens with zero attached hydrogens (tertiary/aromatic N) is 1. The minimum atomic E-state index is -3.62. The molecule has 5 N–H and O–H groups in total. The topological polar surface area (TPSA) is 163 Å². The number of carbonyl (C=O) groups is 3. The van der Waals surface area contributed by atoms with E-state index in [2.05, 4.69) is 10.0 Å². The van der Waals surface area contributed by atoms with Crippen molar-refractivity contribution in [2.24, 2.45) is 11.7 Å². The number of hydrogen-bond donors (Lipinski definition) is 4. The van der Waals surface area contributed by atoms with Gasteiger partial charge in [-0.1, -0.05) is 26.0 Å². The first-order valence-corrected chi connectivity index (χ1v) is 12.2. The second-order valence-electron chi connectivity index (χ2n) is 8.20. The number of nitrogens with two attached hydrogens (primary N) is 1. The molecule has 1 saturated heterocycles. The van der Waals surface area contributed by atoms with Crippen LogP contribution in [-0.2, 0) is 19.6 Å². The predicted molar refractivity (Wildman–Crippen MR) is 121 cm³/mol. The average Bonchev–Trinajstić information content (AvgIpc) is 3.22. The van der Waals surface area contributed by atoms with Crippen molar-refractivity contribution in [3.8, 4) is 0 Å². The number of nitrogen functional groups attached to an aromatic ring is 1. The van der Waals surface area contributed by atoms with Gasteiger partial charge in [0.15, 0.2) is 0 Å². The summed E-state index contributed by atoms with van der Waals surface area (Å²) in [5, 5.41) is 9.70. The maximum atomic E-state index is 13.1. The van der Waals surface area contributed by atoms with Crippen LogP contribution in [0, 0.1) is 11.3 Å². The van der Waals surface area contributed by atoms with Crippen molar-refractivity contribution in [2.45, 2.75) is 52.1 Å². The summed E-state index contributed by atoms with van der Waals surface area (Å²) < 4.78 is 26.6. The number of likely N-dealkylation sites (tertiary alicyclic amines) is 1. The van der Waals surface area contributed by atoms with Gasteiger partial charge in [-0.05, 0) is 44.2 Å². The van der Waals surface area contributed by atoms with Gasteiger partial charge in [-0.3, -0.25) is 25.1 Å². The molecule has 1 aromatic rings. The smallest absolute Gasteiger partial charge is 0.257 e. The normalized spacial score (nSPS) is 17.2. The summed E-state index contributed by atoms with van der Waals surface area (Å²) in [5.41, 5.74) is 6.06. The highest BCUT2D eigenvalue weighted by atomic mass is 32.2. The van der Waals surface area contributed by atoms with Gasteiger partial charge >= 0.3 is 0 Å². The molecule has 1 aromatic carbocycles. The summed E-state index contributed by atoms with van der Waals surface area (Å²) in [6.45, 7) is 5.55. The molecular formula is C21H31N5O5S. The molecule has 11 heteroatoms. The number of rotatable bonds is 9. The molecule has 1 aliphatic heterocycles. The lowest BCUT2D eigenvalue weighted by Crippen LogP contribution is -2.54. The monoisotopic (exact) mass is 465 g/mol. The van der Waals surface area contributed by atoms with E-state index in [1.54, 1.807) is 0 Å². The SMILES string of the molecule is CCS(=O)(=O)N[C@H](CC(C)C)C(=O)N1CCC[C@H]1C(=O)NC(=O)c1ccc(C(=N)N)cc1. The molecule has 0 unspecified atom stereocenters. The van der Waals surface area contributed by atoms with E-state index in [-0.39, 0.29) is 23.1 Å². The van der Waals surface area contributed by atoms with Gasteiger partial charge in [-0.25, -0.2) is 13.1 Å². The van der Waals surface area contributed by atoms with E-state index >= 15 is 0 Å². The van der Waals surface area contributed by atoms with Gasteiger partial charge in [0.1, 0.15) is 17.9 Å². The van der Waals surface area contributed by atoms with Crippen molar-refractivity contribution >= 4 is 33.6 Å². The quantitative estimate of drug-likeness (QED) is 0.237. The van der Waals surface area contributed by atoms with Crippen molar-refractivity contribution in [1.29, 1.82) is 5.41 Å². The highest BCUT2D eigenvalue weighted by Crippen LogP contribution is 2.21. The average molecular weight is 466 g/mol. The van der Waals surface area contributed by atoms with Crippen molar-refractivity contribution in [3.05, 3.63) is 35.4 Å². The molecule has 32 heavy (non-hydrogen) atoms. The fourth-order valence-electron chi connectivity index (χ4n) is 3.54. The fraction of sp³-hybridized carbons (Fsp3) is 0.524. The third kappa shape index (κ3) is 6.60. The Morgan fingerprint density at radius 1 is 1.19 bits per heavy atom. The molecule has 176 valence electrons. The first-order chi connectivity index (χ1) is 14.9. The largest absolute Gasteiger partial charge is 0.384 e. The van der Waals surface area contributed by atoms with E-state index < -0.39 is 39.8 Å². The molecule has 0 saturated carbocycles. The van der Waals surface area contributed by atoms with Crippen LogP contribution in [0.1, 0.15) is 56.0 Å². The van der Waals surface area contributed by atoms with Crippen LogP contribution in [-0.4, -0.2) is 61.3 Å². The van der Waals surface area contributed by atoms with Crippen molar-refractivity contribution < 1.29 is 22.8 Å². The molecule has 0 radical (unpaired) electrons. The molecule has 2 atom stereocenters. The lowest BCUT2D eigenvalue weighted by molar-refractivity contribution is -0.139. The van der Waals surface area contributed by atoms with E-state index in [9.17, 15) is 22.8 Å². The fourth-order valence-corrected chi connectivity index (χ4v) is 4.34. The van der Waals surface area contributed by atoms with E-state index in [0.717, 1.165) is 0 Å². The van der Waals surface area contributed by atoms with Crippen LogP contribution in [0.4, 0.5) is 0 Å². The zero-order chi connectivity index (χ0) is 24.1. The maximum Gasteiger partial charge on any atom is 0.257 e. The van der Waals surface area contributed by atoms with Gasteiger partial charge in [0.2, 0.25) is 21.8 Å². The van der Waals surface area contributed by atoms with Gasteiger partial charge in [0, 0.05) is 17.7 Å². The number of hydrogen-bond acceptors (Lipinski definition) is 6.